The zero-order chi connectivity index (χ0) is 17.9. The second-order valence-corrected chi connectivity index (χ2v) is 5.33. The summed E-state index contributed by atoms with van der Waals surface area (Å²) in [4.78, 5) is 23.8. The van der Waals surface area contributed by atoms with Gasteiger partial charge in [0.05, 0.1) is 6.61 Å². The topological polar surface area (TPSA) is 76.7 Å². The van der Waals surface area contributed by atoms with E-state index in [2.05, 4.69) is 17.8 Å². The summed E-state index contributed by atoms with van der Waals surface area (Å²) in [5.74, 6) is 0.335. The molecular formula is C19H22N2O4. The molecular weight excluding hydrogens is 320 g/mol. The van der Waals surface area contributed by atoms with Crippen LogP contribution in [0.1, 0.15) is 30.1 Å². The van der Waals surface area contributed by atoms with Crippen LogP contribution in [0.5, 0.6) is 11.5 Å². The van der Waals surface area contributed by atoms with Gasteiger partial charge in [0.2, 0.25) is 0 Å². The highest BCUT2D eigenvalue weighted by Gasteiger charge is 2.09. The minimum atomic E-state index is -0.451. The van der Waals surface area contributed by atoms with Crippen LogP contribution in [0.25, 0.3) is 0 Å². The number of carbonyl (C=O) groups is 2. The third-order valence-electron chi connectivity index (χ3n) is 3.29. The molecule has 0 atom stereocenters. The van der Waals surface area contributed by atoms with E-state index in [1.807, 2.05) is 18.2 Å². The molecule has 0 aliphatic carbocycles. The Bertz CT molecular complexity index is 689. The molecule has 0 aromatic heterocycles. The van der Waals surface area contributed by atoms with Crippen molar-refractivity contribution in [2.24, 2.45) is 0 Å². The van der Waals surface area contributed by atoms with Crippen molar-refractivity contribution in [1.82, 2.24) is 10.9 Å². The summed E-state index contributed by atoms with van der Waals surface area (Å²) < 4.78 is 10.9. The van der Waals surface area contributed by atoms with E-state index < -0.39 is 11.8 Å². The van der Waals surface area contributed by atoms with Gasteiger partial charge in [-0.3, -0.25) is 20.4 Å². The molecule has 2 aromatic rings. The van der Waals surface area contributed by atoms with Gasteiger partial charge >= 0.3 is 0 Å². The SMILES string of the molecule is CCCCOc1cccc(C(=O)NNC(=O)COc2ccccc2)c1. The van der Waals surface area contributed by atoms with Crippen molar-refractivity contribution in [3.05, 3.63) is 60.2 Å². The minimum Gasteiger partial charge on any atom is -0.494 e. The summed E-state index contributed by atoms with van der Waals surface area (Å²) in [7, 11) is 0. The van der Waals surface area contributed by atoms with Crippen LogP contribution < -0.4 is 20.3 Å². The molecule has 6 heteroatoms. The van der Waals surface area contributed by atoms with Gasteiger partial charge in [0.15, 0.2) is 6.61 Å². The van der Waals surface area contributed by atoms with E-state index in [-0.39, 0.29) is 6.61 Å². The lowest BCUT2D eigenvalue weighted by molar-refractivity contribution is -0.123. The Morgan fingerprint density at radius 1 is 0.920 bits per heavy atom. The minimum absolute atomic E-state index is 0.190. The van der Waals surface area contributed by atoms with Crippen molar-refractivity contribution in [3.8, 4) is 11.5 Å². The normalized spacial score (nSPS) is 9.96. The first-order valence-corrected chi connectivity index (χ1v) is 8.19. The summed E-state index contributed by atoms with van der Waals surface area (Å²) in [6.07, 6.45) is 1.99. The summed E-state index contributed by atoms with van der Waals surface area (Å²) in [5.41, 5.74) is 5.08. The van der Waals surface area contributed by atoms with Crippen LogP contribution in [0, 0.1) is 0 Å². The molecule has 0 fully saturated rings. The monoisotopic (exact) mass is 342 g/mol. The molecule has 0 heterocycles. The first kappa shape index (κ1) is 18.3. The number of para-hydroxylation sites is 1. The summed E-state index contributed by atoms with van der Waals surface area (Å²) in [5, 5.41) is 0. The molecule has 2 amide bonds. The maximum absolute atomic E-state index is 12.1. The first-order valence-electron chi connectivity index (χ1n) is 8.19. The zero-order valence-corrected chi connectivity index (χ0v) is 14.2. The maximum atomic E-state index is 12.1. The van der Waals surface area contributed by atoms with Crippen LogP contribution in [0.4, 0.5) is 0 Å². The highest BCUT2D eigenvalue weighted by molar-refractivity contribution is 5.95. The van der Waals surface area contributed by atoms with Crippen LogP contribution in [0.15, 0.2) is 54.6 Å². The molecule has 2 N–H and O–H groups in total. The molecule has 0 bridgehead atoms. The Morgan fingerprint density at radius 2 is 1.68 bits per heavy atom. The third kappa shape index (κ3) is 6.55. The molecule has 0 aliphatic heterocycles. The Labute approximate surface area is 147 Å². The van der Waals surface area contributed by atoms with Crippen LogP contribution >= 0.6 is 0 Å². The van der Waals surface area contributed by atoms with Gasteiger partial charge in [-0.05, 0) is 36.8 Å². The molecule has 132 valence electrons. The van der Waals surface area contributed by atoms with Gasteiger partial charge < -0.3 is 9.47 Å². The predicted octanol–water partition coefficient (Wildman–Crippen LogP) is 2.71. The molecule has 25 heavy (non-hydrogen) atoms. The highest BCUT2D eigenvalue weighted by Crippen LogP contribution is 2.13. The number of hydrazine groups is 1. The fourth-order valence-corrected chi connectivity index (χ4v) is 1.96. The largest absolute Gasteiger partial charge is 0.494 e. The smallest absolute Gasteiger partial charge is 0.276 e. The molecule has 0 saturated carbocycles. The Balaban J connectivity index is 1.77. The van der Waals surface area contributed by atoms with Crippen molar-refractivity contribution < 1.29 is 19.1 Å². The van der Waals surface area contributed by atoms with Crippen LogP contribution in [-0.2, 0) is 4.79 Å². The van der Waals surface area contributed by atoms with Gasteiger partial charge in [0.1, 0.15) is 11.5 Å². The Morgan fingerprint density at radius 3 is 2.44 bits per heavy atom. The lowest BCUT2D eigenvalue weighted by Crippen LogP contribution is -2.43. The van der Waals surface area contributed by atoms with Crippen molar-refractivity contribution >= 4 is 11.8 Å². The summed E-state index contributed by atoms with van der Waals surface area (Å²) in [6, 6.07) is 15.8. The quantitative estimate of drug-likeness (QED) is 0.571. The molecule has 0 aliphatic rings. The first-order chi connectivity index (χ1) is 12.2. The number of hydrogen-bond acceptors (Lipinski definition) is 4. The lowest BCUT2D eigenvalue weighted by atomic mass is 10.2. The number of rotatable bonds is 8. The van der Waals surface area contributed by atoms with Gasteiger partial charge in [0, 0.05) is 5.56 Å². The zero-order valence-electron chi connectivity index (χ0n) is 14.2. The van der Waals surface area contributed by atoms with E-state index in [0.29, 0.717) is 23.7 Å². The van der Waals surface area contributed by atoms with Crippen molar-refractivity contribution in [2.45, 2.75) is 19.8 Å². The average molecular weight is 342 g/mol. The average Bonchev–Trinajstić information content (AvgIpc) is 2.66. The summed E-state index contributed by atoms with van der Waals surface area (Å²) >= 11 is 0. The van der Waals surface area contributed by atoms with E-state index in [1.165, 1.54) is 0 Å². The van der Waals surface area contributed by atoms with Gasteiger partial charge in [-0.15, -0.1) is 0 Å². The summed E-state index contributed by atoms with van der Waals surface area (Å²) in [6.45, 7) is 2.50. The number of nitrogens with one attached hydrogen (secondary N) is 2. The number of unbranched alkanes of at least 4 members (excludes halogenated alkanes) is 1. The molecule has 6 nitrogen and oxygen atoms in total. The standard InChI is InChI=1S/C19H22N2O4/c1-2-3-12-24-17-11-7-8-15(13-17)19(23)21-20-18(22)14-25-16-9-5-4-6-10-16/h4-11,13H,2-3,12,14H2,1H3,(H,20,22)(H,21,23). The molecule has 2 aromatic carbocycles. The lowest BCUT2D eigenvalue weighted by Gasteiger charge is -2.10. The predicted molar refractivity (Wildman–Crippen MR) is 94.4 cm³/mol. The molecule has 0 unspecified atom stereocenters. The molecule has 0 radical (unpaired) electrons. The second kappa shape index (κ2) is 9.97. The van der Waals surface area contributed by atoms with Crippen LogP contribution in [0.3, 0.4) is 0 Å². The van der Waals surface area contributed by atoms with Gasteiger partial charge in [0.25, 0.3) is 11.8 Å². The third-order valence-corrected chi connectivity index (χ3v) is 3.29. The van der Waals surface area contributed by atoms with Crippen molar-refractivity contribution in [1.29, 1.82) is 0 Å². The number of hydrogen-bond donors (Lipinski definition) is 2. The molecule has 2 rings (SSSR count). The maximum Gasteiger partial charge on any atom is 0.276 e. The fourth-order valence-electron chi connectivity index (χ4n) is 1.96. The van der Waals surface area contributed by atoms with E-state index in [1.54, 1.807) is 36.4 Å². The number of amides is 2. The van der Waals surface area contributed by atoms with E-state index >= 15 is 0 Å². The van der Waals surface area contributed by atoms with Crippen molar-refractivity contribution in [3.63, 3.8) is 0 Å². The second-order valence-electron chi connectivity index (χ2n) is 5.33. The molecule has 0 spiro atoms. The number of ether oxygens (including phenoxy) is 2. The fraction of sp³-hybridized carbons (Fsp3) is 0.263. The Kier molecular flexibility index (Phi) is 7.31. The number of carbonyl (C=O) groups excluding carboxylic acids is 2. The van der Waals surface area contributed by atoms with Gasteiger partial charge in [-0.2, -0.15) is 0 Å². The number of benzene rings is 2. The van der Waals surface area contributed by atoms with E-state index in [0.717, 1.165) is 12.8 Å². The van der Waals surface area contributed by atoms with Gasteiger partial charge in [-0.1, -0.05) is 37.6 Å². The van der Waals surface area contributed by atoms with Crippen LogP contribution in [-0.4, -0.2) is 25.0 Å². The van der Waals surface area contributed by atoms with Crippen molar-refractivity contribution in [2.75, 3.05) is 13.2 Å². The van der Waals surface area contributed by atoms with Gasteiger partial charge in [-0.25, -0.2) is 0 Å². The molecule has 0 saturated heterocycles. The Hall–Kier alpha value is -3.02. The van der Waals surface area contributed by atoms with Crippen LogP contribution in [0.2, 0.25) is 0 Å². The van der Waals surface area contributed by atoms with E-state index in [4.69, 9.17) is 9.47 Å². The van der Waals surface area contributed by atoms with E-state index in [9.17, 15) is 9.59 Å². The highest BCUT2D eigenvalue weighted by atomic mass is 16.5.